The van der Waals surface area contributed by atoms with E-state index < -0.39 is 0 Å². The van der Waals surface area contributed by atoms with Crippen LogP contribution in [0.5, 0.6) is 0 Å². The maximum Gasteiger partial charge on any atom is 0.233 e. The number of furan rings is 1. The fourth-order valence-electron chi connectivity index (χ4n) is 2.98. The number of aromatic nitrogens is 2. The SMILES string of the molecule is Cc1ccc(CN2C(=O)Cc3c(C)nc(-c4ccccc4)nc32)o1. The summed E-state index contributed by atoms with van der Waals surface area (Å²) >= 11 is 0. The molecule has 120 valence electrons. The molecule has 1 aliphatic rings. The number of hydrogen-bond donors (Lipinski definition) is 0. The summed E-state index contributed by atoms with van der Waals surface area (Å²) in [7, 11) is 0. The molecule has 4 rings (SSSR count). The lowest BCUT2D eigenvalue weighted by molar-refractivity contribution is -0.117. The Morgan fingerprint density at radius 1 is 1.08 bits per heavy atom. The second-order valence-electron chi connectivity index (χ2n) is 5.97. The van der Waals surface area contributed by atoms with Crippen molar-refractivity contribution in [1.29, 1.82) is 0 Å². The highest BCUT2D eigenvalue weighted by molar-refractivity contribution is 6.00. The number of anilines is 1. The van der Waals surface area contributed by atoms with Gasteiger partial charge in [0, 0.05) is 16.8 Å². The Kier molecular flexibility index (Phi) is 3.41. The maximum atomic E-state index is 12.5. The molecule has 5 heteroatoms. The van der Waals surface area contributed by atoms with E-state index in [1.165, 1.54) is 0 Å². The van der Waals surface area contributed by atoms with Gasteiger partial charge in [-0.1, -0.05) is 30.3 Å². The number of hydrogen-bond acceptors (Lipinski definition) is 4. The molecule has 0 N–H and O–H groups in total. The van der Waals surface area contributed by atoms with E-state index in [-0.39, 0.29) is 5.91 Å². The monoisotopic (exact) mass is 319 g/mol. The lowest BCUT2D eigenvalue weighted by atomic mass is 10.1. The van der Waals surface area contributed by atoms with Crippen molar-refractivity contribution < 1.29 is 9.21 Å². The average Bonchev–Trinajstić information content (AvgIpc) is 3.13. The van der Waals surface area contributed by atoms with Gasteiger partial charge in [-0.25, -0.2) is 9.97 Å². The Labute approximate surface area is 140 Å². The van der Waals surface area contributed by atoms with E-state index in [4.69, 9.17) is 4.42 Å². The standard InChI is InChI=1S/C19H17N3O2/c1-12-8-9-15(24-12)11-22-17(23)10-16-13(2)20-18(21-19(16)22)14-6-4-3-5-7-14/h3-9H,10-11H2,1-2H3. The molecule has 0 unspecified atom stereocenters. The van der Waals surface area contributed by atoms with Gasteiger partial charge in [-0.3, -0.25) is 9.69 Å². The Morgan fingerprint density at radius 3 is 2.58 bits per heavy atom. The van der Waals surface area contributed by atoms with E-state index in [9.17, 15) is 4.79 Å². The zero-order valence-corrected chi connectivity index (χ0v) is 13.6. The Bertz CT molecular complexity index is 916. The van der Waals surface area contributed by atoms with Gasteiger partial charge >= 0.3 is 0 Å². The minimum Gasteiger partial charge on any atom is -0.464 e. The van der Waals surface area contributed by atoms with Crippen molar-refractivity contribution in [3.05, 3.63) is 65.2 Å². The number of carbonyl (C=O) groups excluding carboxylic acids is 1. The number of benzene rings is 1. The van der Waals surface area contributed by atoms with Gasteiger partial charge in [0.25, 0.3) is 0 Å². The Hall–Kier alpha value is -2.95. The van der Waals surface area contributed by atoms with Crippen LogP contribution in [0.1, 0.15) is 22.8 Å². The number of amides is 1. The Morgan fingerprint density at radius 2 is 1.88 bits per heavy atom. The largest absolute Gasteiger partial charge is 0.464 e. The summed E-state index contributed by atoms with van der Waals surface area (Å²) in [5.41, 5.74) is 2.70. The predicted octanol–water partition coefficient (Wildman–Crippen LogP) is 3.44. The summed E-state index contributed by atoms with van der Waals surface area (Å²) < 4.78 is 5.62. The molecule has 0 fully saturated rings. The summed E-state index contributed by atoms with van der Waals surface area (Å²) in [4.78, 5) is 23.4. The van der Waals surface area contributed by atoms with Crippen LogP contribution < -0.4 is 4.90 Å². The number of carbonyl (C=O) groups is 1. The summed E-state index contributed by atoms with van der Waals surface area (Å²) in [6.45, 7) is 4.22. The van der Waals surface area contributed by atoms with E-state index in [1.807, 2.05) is 56.3 Å². The first-order chi connectivity index (χ1) is 11.6. The lowest BCUT2D eigenvalue weighted by Crippen LogP contribution is -2.26. The van der Waals surface area contributed by atoms with Crippen molar-refractivity contribution >= 4 is 11.7 Å². The van der Waals surface area contributed by atoms with Gasteiger partial charge < -0.3 is 4.42 Å². The number of aryl methyl sites for hydroxylation is 2. The molecule has 0 aliphatic carbocycles. The Balaban J connectivity index is 1.76. The van der Waals surface area contributed by atoms with Crippen LogP contribution in [0.25, 0.3) is 11.4 Å². The van der Waals surface area contributed by atoms with Crippen LogP contribution in [0.2, 0.25) is 0 Å². The van der Waals surface area contributed by atoms with Gasteiger partial charge in [0.2, 0.25) is 5.91 Å². The summed E-state index contributed by atoms with van der Waals surface area (Å²) in [5.74, 6) is 2.95. The van der Waals surface area contributed by atoms with E-state index >= 15 is 0 Å². The number of fused-ring (bicyclic) bond motifs is 1. The molecule has 1 aromatic carbocycles. The molecule has 0 atom stereocenters. The molecular weight excluding hydrogens is 302 g/mol. The number of nitrogens with zero attached hydrogens (tertiary/aromatic N) is 3. The predicted molar refractivity (Wildman–Crippen MR) is 90.5 cm³/mol. The molecule has 2 aromatic heterocycles. The van der Waals surface area contributed by atoms with Gasteiger partial charge in [0.15, 0.2) is 5.82 Å². The van der Waals surface area contributed by atoms with Crippen molar-refractivity contribution in [3.63, 3.8) is 0 Å². The van der Waals surface area contributed by atoms with Crippen LogP contribution in [-0.2, 0) is 17.8 Å². The van der Waals surface area contributed by atoms with E-state index in [1.54, 1.807) is 4.90 Å². The summed E-state index contributed by atoms with van der Waals surface area (Å²) in [6, 6.07) is 13.6. The first-order valence-corrected chi connectivity index (χ1v) is 7.90. The van der Waals surface area contributed by atoms with Crippen LogP contribution in [0.3, 0.4) is 0 Å². The van der Waals surface area contributed by atoms with Crippen molar-refractivity contribution in [2.45, 2.75) is 26.8 Å². The van der Waals surface area contributed by atoms with Crippen molar-refractivity contribution in [1.82, 2.24) is 9.97 Å². The molecule has 1 amide bonds. The second kappa shape index (κ2) is 5.60. The van der Waals surface area contributed by atoms with E-state index in [0.29, 0.717) is 24.6 Å². The first kappa shape index (κ1) is 14.6. The molecule has 0 radical (unpaired) electrons. The molecule has 0 saturated carbocycles. The van der Waals surface area contributed by atoms with Crippen molar-refractivity contribution in [2.24, 2.45) is 0 Å². The van der Waals surface area contributed by atoms with Crippen LogP contribution in [0.4, 0.5) is 5.82 Å². The topological polar surface area (TPSA) is 59.2 Å². The molecule has 3 aromatic rings. The summed E-state index contributed by atoms with van der Waals surface area (Å²) in [5, 5.41) is 0. The fraction of sp³-hybridized carbons (Fsp3) is 0.211. The highest BCUT2D eigenvalue weighted by Gasteiger charge is 2.32. The molecule has 3 heterocycles. The van der Waals surface area contributed by atoms with Crippen molar-refractivity contribution in [3.8, 4) is 11.4 Å². The molecule has 0 spiro atoms. The molecular formula is C19H17N3O2. The minimum atomic E-state index is 0.0293. The van der Waals surface area contributed by atoms with Gasteiger partial charge in [-0.05, 0) is 26.0 Å². The molecule has 0 saturated heterocycles. The number of rotatable bonds is 3. The highest BCUT2D eigenvalue weighted by atomic mass is 16.3. The van der Waals surface area contributed by atoms with Gasteiger partial charge in [0.1, 0.15) is 17.3 Å². The van der Waals surface area contributed by atoms with Crippen LogP contribution >= 0.6 is 0 Å². The summed E-state index contributed by atoms with van der Waals surface area (Å²) in [6.07, 6.45) is 0.343. The van der Waals surface area contributed by atoms with Gasteiger partial charge in [-0.2, -0.15) is 0 Å². The minimum absolute atomic E-state index is 0.0293. The smallest absolute Gasteiger partial charge is 0.233 e. The third-order valence-electron chi connectivity index (χ3n) is 4.22. The zero-order chi connectivity index (χ0) is 16.7. The molecule has 0 bridgehead atoms. The fourth-order valence-corrected chi connectivity index (χ4v) is 2.98. The van der Waals surface area contributed by atoms with Crippen LogP contribution in [-0.4, -0.2) is 15.9 Å². The van der Waals surface area contributed by atoms with E-state index in [2.05, 4.69) is 9.97 Å². The normalized spacial score (nSPS) is 13.4. The first-order valence-electron chi connectivity index (χ1n) is 7.90. The lowest BCUT2D eigenvalue weighted by Gasteiger charge is -2.16. The quantitative estimate of drug-likeness (QED) is 0.742. The molecule has 5 nitrogen and oxygen atoms in total. The average molecular weight is 319 g/mol. The highest BCUT2D eigenvalue weighted by Crippen LogP contribution is 2.32. The zero-order valence-electron chi connectivity index (χ0n) is 13.6. The maximum absolute atomic E-state index is 12.5. The third kappa shape index (κ3) is 2.48. The third-order valence-corrected chi connectivity index (χ3v) is 4.22. The van der Waals surface area contributed by atoms with Gasteiger partial charge in [0.05, 0.1) is 13.0 Å². The molecule has 24 heavy (non-hydrogen) atoms. The second-order valence-corrected chi connectivity index (χ2v) is 5.97. The van der Waals surface area contributed by atoms with E-state index in [0.717, 1.165) is 28.3 Å². The molecule has 1 aliphatic heterocycles. The van der Waals surface area contributed by atoms with Crippen LogP contribution in [0, 0.1) is 13.8 Å². The van der Waals surface area contributed by atoms with Crippen molar-refractivity contribution in [2.75, 3.05) is 4.90 Å². The van der Waals surface area contributed by atoms with Gasteiger partial charge in [-0.15, -0.1) is 0 Å². The van der Waals surface area contributed by atoms with Crippen LogP contribution in [0.15, 0.2) is 46.9 Å².